The molecular formula is C38H52N2O7. The van der Waals surface area contributed by atoms with Crippen LogP contribution in [0.4, 0.5) is 9.59 Å². The number of fused-ring (bicyclic) bond motifs is 1. The number of alkyl carbamates (subject to hydrolysis) is 1. The third-order valence-electron chi connectivity index (χ3n) is 8.86. The van der Waals surface area contributed by atoms with Crippen molar-refractivity contribution in [3.8, 4) is 0 Å². The van der Waals surface area contributed by atoms with Crippen LogP contribution >= 0.6 is 0 Å². The molecule has 47 heavy (non-hydrogen) atoms. The summed E-state index contributed by atoms with van der Waals surface area (Å²) in [5, 5.41) is 14.5. The molecule has 0 radical (unpaired) electrons. The number of nitrogens with one attached hydrogen (secondary N) is 1. The monoisotopic (exact) mass is 648 g/mol. The van der Waals surface area contributed by atoms with E-state index in [9.17, 15) is 14.7 Å². The zero-order valence-corrected chi connectivity index (χ0v) is 27.5. The van der Waals surface area contributed by atoms with Crippen LogP contribution in [-0.2, 0) is 25.4 Å². The van der Waals surface area contributed by atoms with Gasteiger partial charge in [0.2, 0.25) is 0 Å². The van der Waals surface area contributed by atoms with Gasteiger partial charge in [-0.2, -0.15) is 0 Å². The van der Waals surface area contributed by atoms with Crippen molar-refractivity contribution in [3.05, 3.63) is 97.1 Å². The highest BCUT2D eigenvalue weighted by molar-refractivity contribution is 5.69. The third-order valence-corrected chi connectivity index (χ3v) is 8.86. The number of hydrogen-bond donors (Lipinski definition) is 2. The van der Waals surface area contributed by atoms with Crippen molar-refractivity contribution >= 4 is 12.2 Å². The summed E-state index contributed by atoms with van der Waals surface area (Å²) in [6, 6.07) is 18.5. The van der Waals surface area contributed by atoms with Crippen molar-refractivity contribution in [3.63, 3.8) is 0 Å². The average molecular weight is 649 g/mol. The Balaban J connectivity index is 1.43. The van der Waals surface area contributed by atoms with Crippen LogP contribution in [0.15, 0.2) is 86.0 Å². The zero-order chi connectivity index (χ0) is 33.3. The molecule has 2 N–H and O–H groups in total. The summed E-state index contributed by atoms with van der Waals surface area (Å²) in [6.07, 6.45) is 8.99. The second kappa shape index (κ2) is 19.9. The van der Waals surface area contributed by atoms with Crippen LogP contribution in [0.1, 0.15) is 75.0 Å². The minimum Gasteiger partial charge on any atom is -0.443 e. The first-order valence-corrected chi connectivity index (χ1v) is 17.1. The number of carbonyl (C=O) groups is 2. The molecule has 2 aromatic carbocycles. The van der Waals surface area contributed by atoms with Crippen LogP contribution in [0, 0.1) is 5.92 Å². The Morgan fingerprint density at radius 2 is 1.66 bits per heavy atom. The fourth-order valence-electron chi connectivity index (χ4n) is 6.20. The molecule has 9 heteroatoms. The maximum Gasteiger partial charge on any atom is 0.410 e. The lowest BCUT2D eigenvalue weighted by Gasteiger charge is -2.31. The topological polar surface area (TPSA) is 107 Å². The molecular weight excluding hydrogens is 596 g/mol. The Morgan fingerprint density at radius 1 is 0.957 bits per heavy atom. The Labute approximate surface area is 279 Å². The van der Waals surface area contributed by atoms with Crippen molar-refractivity contribution in [2.45, 2.75) is 94.9 Å². The summed E-state index contributed by atoms with van der Waals surface area (Å²) >= 11 is 0. The number of rotatable bonds is 20. The lowest BCUT2D eigenvalue weighted by Crippen LogP contribution is -2.51. The Kier molecular flexibility index (Phi) is 15.3. The first-order chi connectivity index (χ1) is 23.0. The van der Waals surface area contributed by atoms with E-state index in [1.165, 1.54) is 0 Å². The van der Waals surface area contributed by atoms with E-state index in [2.05, 4.69) is 18.5 Å². The zero-order valence-electron chi connectivity index (χ0n) is 27.5. The highest BCUT2D eigenvalue weighted by atomic mass is 16.7. The van der Waals surface area contributed by atoms with Gasteiger partial charge < -0.3 is 34.3 Å². The molecule has 0 aromatic heterocycles. The number of allylic oxidation sites excluding steroid dienone is 1. The molecule has 0 saturated carbocycles. The van der Waals surface area contributed by atoms with Crippen molar-refractivity contribution < 1.29 is 33.6 Å². The highest BCUT2D eigenvalue weighted by Crippen LogP contribution is 2.33. The maximum absolute atomic E-state index is 13.7. The Hall–Kier alpha value is -3.66. The number of aliphatic hydroxyl groups is 1. The number of carbonyl (C=O) groups excluding carboxylic acids is 2. The molecule has 2 fully saturated rings. The van der Waals surface area contributed by atoms with Gasteiger partial charge in [0.05, 0.1) is 37.8 Å². The van der Waals surface area contributed by atoms with Gasteiger partial charge in [0.1, 0.15) is 12.2 Å². The number of benzene rings is 2. The Bertz CT molecular complexity index is 1230. The second-order valence-corrected chi connectivity index (χ2v) is 12.4. The fraction of sp³-hybridized carbons (Fsp3) is 0.526. The molecule has 4 rings (SSSR count). The van der Waals surface area contributed by atoms with Gasteiger partial charge in [-0.1, -0.05) is 98.5 Å². The molecule has 256 valence electrons. The van der Waals surface area contributed by atoms with E-state index in [-0.39, 0.29) is 25.4 Å². The molecule has 2 saturated heterocycles. The van der Waals surface area contributed by atoms with Crippen molar-refractivity contribution in [1.29, 1.82) is 0 Å². The number of aliphatic hydroxyl groups excluding tert-OH is 1. The SMILES string of the molecule is C=CCCCCCCCCN(CC(O)C(Cc1ccccc1)NC(=O)O[C@H]1CO[C@H]2OCC[C@H]21)C(=O)OC(CC=C)c1ccccc1. The first-order valence-electron chi connectivity index (χ1n) is 17.1. The summed E-state index contributed by atoms with van der Waals surface area (Å²) in [7, 11) is 0. The average Bonchev–Trinajstić information content (AvgIpc) is 3.71. The normalized spacial score (nSPS) is 20.4. The van der Waals surface area contributed by atoms with E-state index in [4.69, 9.17) is 18.9 Å². The van der Waals surface area contributed by atoms with Crippen LogP contribution in [-0.4, -0.2) is 73.0 Å². The van der Waals surface area contributed by atoms with Crippen molar-refractivity contribution in [1.82, 2.24) is 10.2 Å². The van der Waals surface area contributed by atoms with E-state index in [0.717, 1.165) is 62.5 Å². The van der Waals surface area contributed by atoms with E-state index < -0.39 is 36.5 Å². The number of ether oxygens (including phenoxy) is 4. The number of nitrogens with zero attached hydrogens (tertiary/aromatic N) is 1. The third kappa shape index (κ3) is 11.8. The predicted molar refractivity (Wildman–Crippen MR) is 182 cm³/mol. The smallest absolute Gasteiger partial charge is 0.410 e. The summed E-state index contributed by atoms with van der Waals surface area (Å²) < 4.78 is 23.0. The van der Waals surface area contributed by atoms with E-state index in [1.807, 2.05) is 66.7 Å². The molecule has 2 amide bonds. The van der Waals surface area contributed by atoms with Crippen LogP contribution in [0.2, 0.25) is 0 Å². The van der Waals surface area contributed by atoms with Gasteiger partial charge in [0.15, 0.2) is 6.29 Å². The van der Waals surface area contributed by atoms with Crippen molar-refractivity contribution in [2.24, 2.45) is 5.92 Å². The van der Waals surface area contributed by atoms with E-state index in [0.29, 0.717) is 26.0 Å². The minimum atomic E-state index is -1.09. The van der Waals surface area contributed by atoms with Crippen LogP contribution in [0.5, 0.6) is 0 Å². The predicted octanol–water partition coefficient (Wildman–Crippen LogP) is 7.12. The number of unbranched alkanes of at least 4 members (excludes halogenated alkanes) is 6. The maximum atomic E-state index is 13.7. The highest BCUT2D eigenvalue weighted by Gasteiger charge is 2.44. The van der Waals surface area contributed by atoms with Crippen molar-refractivity contribution in [2.75, 3.05) is 26.3 Å². The van der Waals surface area contributed by atoms with Gasteiger partial charge in [0, 0.05) is 13.0 Å². The molecule has 3 unspecified atom stereocenters. The van der Waals surface area contributed by atoms with Gasteiger partial charge >= 0.3 is 12.2 Å². The molecule has 2 aliphatic heterocycles. The van der Waals surface area contributed by atoms with Gasteiger partial charge in [-0.15, -0.1) is 13.2 Å². The molecule has 2 aliphatic rings. The fourth-order valence-corrected chi connectivity index (χ4v) is 6.20. The van der Waals surface area contributed by atoms with Gasteiger partial charge in [-0.3, -0.25) is 0 Å². The summed E-state index contributed by atoms with van der Waals surface area (Å²) in [6.45, 7) is 8.89. The molecule has 9 nitrogen and oxygen atoms in total. The minimum absolute atomic E-state index is 0.00128. The molecule has 0 bridgehead atoms. The summed E-state index contributed by atoms with van der Waals surface area (Å²) in [5.74, 6) is -0.00128. The summed E-state index contributed by atoms with van der Waals surface area (Å²) in [4.78, 5) is 28.5. The number of amides is 2. The molecule has 2 aromatic rings. The van der Waals surface area contributed by atoms with Crippen LogP contribution in [0.3, 0.4) is 0 Å². The van der Waals surface area contributed by atoms with Crippen LogP contribution < -0.4 is 5.32 Å². The van der Waals surface area contributed by atoms with Gasteiger partial charge in [-0.05, 0) is 43.2 Å². The van der Waals surface area contributed by atoms with E-state index >= 15 is 0 Å². The molecule has 6 atom stereocenters. The van der Waals surface area contributed by atoms with Gasteiger partial charge in [0.25, 0.3) is 0 Å². The standard InChI is InChI=1S/C38H52N2O7/c1-3-5-6-7-8-9-10-17-24-40(38(43)47-34(18-4-2)30-21-15-12-16-22-30)27-33(41)32(26-29-19-13-11-14-20-29)39-37(42)46-35-28-45-36-31(35)23-25-44-36/h3-4,11-16,19-22,31-36,41H,1-2,5-10,17-18,23-28H2,(H,39,42)/t31-,32?,33?,34?,35-,36+/m0/s1. The lowest BCUT2D eigenvalue weighted by atomic mass is 10.0. The van der Waals surface area contributed by atoms with E-state index in [1.54, 1.807) is 11.0 Å². The number of hydrogen-bond acceptors (Lipinski definition) is 7. The lowest BCUT2D eigenvalue weighted by molar-refractivity contribution is -0.0907. The molecule has 0 spiro atoms. The molecule has 0 aliphatic carbocycles. The van der Waals surface area contributed by atoms with Gasteiger partial charge in [-0.25, -0.2) is 9.59 Å². The Morgan fingerprint density at radius 3 is 2.38 bits per heavy atom. The summed E-state index contributed by atoms with van der Waals surface area (Å²) in [5.41, 5.74) is 1.81. The first kappa shape index (κ1) is 36.2. The molecule has 2 heterocycles. The largest absolute Gasteiger partial charge is 0.443 e. The second-order valence-electron chi connectivity index (χ2n) is 12.4. The van der Waals surface area contributed by atoms with Crippen LogP contribution in [0.25, 0.3) is 0 Å². The quantitative estimate of drug-likeness (QED) is 0.116.